The third kappa shape index (κ3) is 6.71. The Morgan fingerprint density at radius 1 is 0.574 bits per heavy atom. The zero-order valence-corrected chi connectivity index (χ0v) is 35.1. The van der Waals surface area contributed by atoms with Crippen LogP contribution < -0.4 is 5.62 Å². The van der Waals surface area contributed by atoms with Crippen molar-refractivity contribution in [2.75, 3.05) is 7.11 Å². The molecule has 2 aromatic carbocycles. The lowest BCUT2D eigenvalue weighted by Crippen LogP contribution is -2.77. The van der Waals surface area contributed by atoms with Gasteiger partial charge in [-0.05, 0) is 61.0 Å². The molecule has 0 unspecified atom stereocenters. The molecule has 0 saturated heterocycles. The Hall–Kier alpha value is -2.20. The molecule has 0 aliphatic carbocycles. The van der Waals surface area contributed by atoms with Crippen molar-refractivity contribution in [1.29, 1.82) is 0 Å². The van der Waals surface area contributed by atoms with E-state index in [0.29, 0.717) is 23.7 Å². The predicted molar refractivity (Wildman–Crippen MR) is 207 cm³/mol. The van der Waals surface area contributed by atoms with Crippen LogP contribution in [0.4, 0.5) is 0 Å². The molecule has 0 spiro atoms. The standard InChI is InChI=1S/C40H67N3O2Si2/c1-27(2)31-21-19-22-32(28(3)4)35(31)42-25-26-43(36-33(29(5)6)23-20-24-34(36)30(7)8)37(42)41-47(44,45-18)46(38(9,10)11,39(12,13)14)40(15,16)17/h19-30,44H,1-18H3/t47-/m1/s1. The van der Waals surface area contributed by atoms with E-state index in [1.165, 1.54) is 22.3 Å². The fourth-order valence-corrected chi connectivity index (χ4v) is 30.9. The van der Waals surface area contributed by atoms with Crippen molar-refractivity contribution in [3.63, 3.8) is 0 Å². The van der Waals surface area contributed by atoms with Gasteiger partial charge in [0.1, 0.15) is 0 Å². The summed E-state index contributed by atoms with van der Waals surface area (Å²) >= 11 is 0. The van der Waals surface area contributed by atoms with Gasteiger partial charge in [0.25, 0.3) is 0 Å². The first-order chi connectivity index (χ1) is 21.4. The largest absolute Gasteiger partial charge is 0.450 e. The maximum atomic E-state index is 13.6. The SMILES string of the molecule is CO[Si@](O)(N=c1n(-c2c(C(C)C)cccc2C(C)C)ccn1-c1c(C(C)C)cccc1C(C)C)[Si](C(C)(C)C)(C(C)(C)C)C(C)(C)C. The van der Waals surface area contributed by atoms with Crippen LogP contribution in [-0.2, 0) is 4.43 Å². The topological polar surface area (TPSA) is 51.7 Å². The number of para-hydroxylation sites is 2. The van der Waals surface area contributed by atoms with Gasteiger partial charge in [-0.15, -0.1) is 0 Å². The van der Waals surface area contributed by atoms with Gasteiger partial charge in [-0.1, -0.05) is 154 Å². The van der Waals surface area contributed by atoms with E-state index < -0.39 is 15.8 Å². The van der Waals surface area contributed by atoms with Crippen LogP contribution in [-0.4, -0.2) is 36.9 Å². The van der Waals surface area contributed by atoms with Crippen LogP contribution in [0.25, 0.3) is 11.4 Å². The number of hydrogen-bond donors (Lipinski definition) is 1. The second-order valence-electron chi connectivity index (χ2n) is 18.0. The second kappa shape index (κ2) is 13.6. The summed E-state index contributed by atoms with van der Waals surface area (Å²) in [6.45, 7) is 38.9. The summed E-state index contributed by atoms with van der Waals surface area (Å²) < 4.78 is 16.9. The van der Waals surface area contributed by atoms with Crippen molar-refractivity contribution in [2.45, 2.75) is 156 Å². The molecule has 0 bridgehead atoms. The first-order valence-corrected chi connectivity index (χ1v) is 22.6. The Labute approximate surface area is 289 Å². The summed E-state index contributed by atoms with van der Waals surface area (Å²) in [4.78, 5) is 13.6. The van der Waals surface area contributed by atoms with Gasteiger partial charge in [-0.25, -0.2) is 4.66 Å². The lowest BCUT2D eigenvalue weighted by Gasteiger charge is -2.61. The van der Waals surface area contributed by atoms with Crippen LogP contribution >= 0.6 is 0 Å². The molecule has 0 fully saturated rings. The number of nitrogens with zero attached hydrogens (tertiary/aromatic N) is 3. The monoisotopic (exact) mass is 677 g/mol. The van der Waals surface area contributed by atoms with Gasteiger partial charge in [0.05, 0.1) is 11.4 Å². The Morgan fingerprint density at radius 2 is 0.851 bits per heavy atom. The summed E-state index contributed by atoms with van der Waals surface area (Å²) in [5.41, 5.74) is 8.13. The molecule has 1 N–H and O–H groups in total. The average Bonchev–Trinajstić information content (AvgIpc) is 3.31. The number of benzene rings is 2. The minimum Gasteiger partial charge on any atom is -0.396 e. The van der Waals surface area contributed by atoms with Crippen molar-refractivity contribution >= 4 is 15.8 Å². The minimum absolute atomic E-state index is 0.218. The first kappa shape index (κ1) is 39.2. The van der Waals surface area contributed by atoms with Gasteiger partial charge in [0, 0.05) is 19.5 Å². The fourth-order valence-electron chi connectivity index (χ4n) is 9.68. The third-order valence-electron chi connectivity index (χ3n) is 10.4. The molecule has 1 atom stereocenters. The maximum absolute atomic E-state index is 13.6. The maximum Gasteiger partial charge on any atom is 0.450 e. The molecule has 0 saturated carbocycles. The lowest BCUT2D eigenvalue weighted by molar-refractivity contribution is 0.299. The summed E-state index contributed by atoms with van der Waals surface area (Å²) in [5, 5.41) is -0.654. The van der Waals surface area contributed by atoms with Gasteiger partial charge in [-0.2, -0.15) is 0 Å². The summed E-state index contributed by atoms with van der Waals surface area (Å²) in [7, 11) is -5.11. The van der Waals surface area contributed by atoms with Crippen LogP contribution in [0.15, 0.2) is 53.4 Å². The van der Waals surface area contributed by atoms with Crippen LogP contribution in [0.5, 0.6) is 0 Å². The Balaban J connectivity index is 2.81. The molecular formula is C40H67N3O2Si2. The van der Waals surface area contributed by atoms with Gasteiger partial charge < -0.3 is 9.22 Å². The molecule has 5 nitrogen and oxygen atoms in total. The Kier molecular flexibility index (Phi) is 11.4. The van der Waals surface area contributed by atoms with Gasteiger partial charge >= 0.3 is 8.24 Å². The quantitative estimate of drug-likeness (QED) is 0.229. The van der Waals surface area contributed by atoms with E-state index in [1.54, 1.807) is 7.11 Å². The number of hydrogen-bond acceptors (Lipinski definition) is 3. The highest BCUT2D eigenvalue weighted by Gasteiger charge is 2.75. The molecule has 0 amide bonds. The summed E-state index contributed by atoms with van der Waals surface area (Å²) in [6, 6.07) is 13.4. The molecular weight excluding hydrogens is 611 g/mol. The Morgan fingerprint density at radius 3 is 1.06 bits per heavy atom. The van der Waals surface area contributed by atoms with Crippen LogP contribution in [0.1, 0.15) is 164 Å². The number of imidazole rings is 1. The van der Waals surface area contributed by atoms with Crippen molar-refractivity contribution in [1.82, 2.24) is 9.13 Å². The van der Waals surface area contributed by atoms with E-state index in [2.05, 4.69) is 176 Å². The van der Waals surface area contributed by atoms with E-state index in [9.17, 15) is 4.80 Å². The number of rotatable bonds is 9. The van der Waals surface area contributed by atoms with Crippen LogP contribution in [0, 0.1) is 0 Å². The van der Waals surface area contributed by atoms with Crippen LogP contribution in [0.3, 0.4) is 0 Å². The zero-order valence-electron chi connectivity index (χ0n) is 33.1. The van der Waals surface area contributed by atoms with Crippen LogP contribution in [0.2, 0.25) is 15.1 Å². The van der Waals surface area contributed by atoms with E-state index in [-0.39, 0.29) is 15.1 Å². The molecule has 0 aliphatic heterocycles. The van der Waals surface area contributed by atoms with E-state index in [0.717, 1.165) is 17.0 Å². The van der Waals surface area contributed by atoms with Crippen molar-refractivity contribution in [3.05, 3.63) is 76.7 Å². The zero-order chi connectivity index (χ0) is 36.1. The first-order valence-electron chi connectivity index (χ1n) is 17.8. The normalized spacial score (nSPS) is 14.9. The Bertz CT molecular complexity index is 1440. The summed E-state index contributed by atoms with van der Waals surface area (Å²) in [5.74, 6) is 1.19. The molecule has 3 aromatic rings. The van der Waals surface area contributed by atoms with E-state index in [4.69, 9.17) is 9.08 Å². The highest BCUT2D eigenvalue weighted by atomic mass is 29.3. The molecule has 0 aliphatic rings. The lowest BCUT2D eigenvalue weighted by atomic mass is 9.92. The molecule has 7 heteroatoms. The molecule has 262 valence electrons. The molecule has 3 rings (SSSR count). The second-order valence-corrected chi connectivity index (χ2v) is 30.0. The molecule has 1 heterocycles. The molecule has 47 heavy (non-hydrogen) atoms. The van der Waals surface area contributed by atoms with Crippen molar-refractivity contribution in [2.24, 2.45) is 4.66 Å². The van der Waals surface area contributed by atoms with E-state index in [1.807, 2.05) is 0 Å². The molecule has 1 aromatic heterocycles. The van der Waals surface area contributed by atoms with E-state index >= 15 is 0 Å². The summed E-state index contributed by atoms with van der Waals surface area (Å²) in [6.07, 6.45) is 4.35. The minimum atomic E-state index is -3.90. The van der Waals surface area contributed by atoms with Crippen molar-refractivity contribution in [3.8, 4) is 11.4 Å². The van der Waals surface area contributed by atoms with Crippen molar-refractivity contribution < 1.29 is 9.22 Å². The molecule has 0 radical (unpaired) electrons. The average molecular weight is 678 g/mol. The van der Waals surface area contributed by atoms with Gasteiger partial charge in [0.2, 0.25) is 5.62 Å². The highest BCUT2D eigenvalue weighted by Crippen LogP contribution is 2.65. The highest BCUT2D eigenvalue weighted by molar-refractivity contribution is 7.39. The smallest absolute Gasteiger partial charge is 0.396 e. The fraction of sp³-hybridized carbons (Fsp3) is 0.625. The van der Waals surface area contributed by atoms with Gasteiger partial charge in [0.15, 0.2) is 7.59 Å². The predicted octanol–water partition coefficient (Wildman–Crippen LogP) is 11.2. The van der Waals surface area contributed by atoms with Gasteiger partial charge in [-0.3, -0.25) is 9.13 Å². The third-order valence-corrected chi connectivity index (χ3v) is 29.8. The number of aromatic nitrogens is 2.